The summed E-state index contributed by atoms with van der Waals surface area (Å²) in [5, 5.41) is 54.7. The van der Waals surface area contributed by atoms with Gasteiger partial charge < -0.3 is 50.0 Å². The number of aromatic nitrogens is 12. The molecule has 13 aromatic rings. The molecule has 0 spiro atoms. The molecule has 128 heavy (non-hydrogen) atoms. The molecule has 34 nitrogen and oxygen atoms in total. The molecule has 7 N–H and O–H groups in total. The van der Waals surface area contributed by atoms with Gasteiger partial charge >= 0.3 is 216 Å². The van der Waals surface area contributed by atoms with E-state index in [4.69, 9.17) is 28.6 Å². The number of aliphatic hydroxyl groups is 3. The van der Waals surface area contributed by atoms with Crippen LogP contribution in [-0.2, 0) is 39.2 Å². The van der Waals surface area contributed by atoms with E-state index in [2.05, 4.69) is 81.0 Å². The molecule has 5 amide bonds. The van der Waals surface area contributed by atoms with Crippen LogP contribution in [0.5, 0.6) is 5.75 Å². The van der Waals surface area contributed by atoms with E-state index in [1.165, 1.54) is 29.3 Å². The zero-order chi connectivity index (χ0) is 90.1. The second-order valence-electron chi connectivity index (χ2n) is 35.1. The number of nitrogens with zero attached hydrogens (tertiary/aromatic N) is 17. The van der Waals surface area contributed by atoms with Crippen molar-refractivity contribution in [2.24, 2.45) is 0 Å². The van der Waals surface area contributed by atoms with Crippen molar-refractivity contribution >= 4 is 130 Å². The molecule has 0 aliphatic carbocycles. The van der Waals surface area contributed by atoms with Crippen molar-refractivity contribution < 1.29 is 61.4 Å². The first-order chi connectivity index (χ1) is 61.2. The van der Waals surface area contributed by atoms with Gasteiger partial charge in [-0.1, -0.05) is 17.7 Å². The summed E-state index contributed by atoms with van der Waals surface area (Å²) in [5.41, 5.74) is 13.4. The number of aryl methyl sites for hydroxylation is 1. The molecule has 0 atom stereocenters. The Labute approximate surface area is 743 Å². The molecule has 12 aromatic heterocycles. The molecule has 0 saturated carbocycles. The molecular formula is C92H101N21O13SSn. The molecular weight excluding hydrogens is 1760 g/mol. The molecule has 0 bridgehead atoms. The van der Waals surface area contributed by atoms with Gasteiger partial charge in [0.2, 0.25) is 0 Å². The minimum Gasteiger partial charge on any atom is -0.443 e. The van der Waals surface area contributed by atoms with Gasteiger partial charge in [0.15, 0.2) is 5.75 Å². The number of aliphatic hydroxyl groups excluding tert-OH is 3. The number of anilines is 9. The summed E-state index contributed by atoms with van der Waals surface area (Å²) >= 11 is -2.69. The van der Waals surface area contributed by atoms with Gasteiger partial charge in [-0.2, -0.15) is 23.7 Å². The molecule has 0 unspecified atom stereocenters. The van der Waals surface area contributed by atoms with Crippen molar-refractivity contribution in [3.63, 3.8) is 0 Å². The van der Waals surface area contributed by atoms with Crippen molar-refractivity contribution in [2.75, 3.05) is 69.9 Å². The number of imide groups is 2. The molecule has 36 heteroatoms. The summed E-state index contributed by atoms with van der Waals surface area (Å²) in [6, 6.07) is 34.7. The van der Waals surface area contributed by atoms with Crippen LogP contribution >= 0.6 is 0 Å². The monoisotopic (exact) mass is 1860 g/mol. The van der Waals surface area contributed by atoms with Crippen LogP contribution in [0, 0.1) is 6.92 Å². The van der Waals surface area contributed by atoms with E-state index >= 15 is 0 Å². The number of fused-ring (bicyclic) bond motifs is 6. The summed E-state index contributed by atoms with van der Waals surface area (Å²) in [7, 11) is -3.84. The van der Waals surface area contributed by atoms with Crippen LogP contribution < -0.4 is 43.9 Å². The van der Waals surface area contributed by atoms with Gasteiger partial charge in [0.05, 0.1) is 112 Å². The molecule has 6 aliphatic heterocycles. The number of nitrogens with one attached hydrogen (secondary N) is 4. The molecule has 0 radical (unpaired) electrons. The standard InChI is InChI=1S/C29H31N7O4.C24H23N7O2.C22H26N5O4.C14H12N2O3S.3CH3.Sn/c1-29(2,3)40-28(39)35-17-21-25(27(35)38)22(16-31-26(21)20-8-11-32-36-12-4-5-23(20)36)33-24-7-6-18(15-30-24)34-13-9-19(37)10-14-34;32-16-6-10-30(11-7-16)15-3-4-21(25-12-15)29-19-14-26-23(18-13-27-24(33)22(18)19)17-5-8-28-31-9-1-2-20(17)31;1-22(2,3)31-21(30)27-13-14-10-23-12-17(19(14)20(27)29)25-18-5-4-15(11-24-18)26-8-6-16(28)7-9-26;1-11-4-6-12(7-5-11)20(17,18)19-14-8-9-15-16-10-2-3-13(14)16;;;;/h4-8,11-12,15-16,19,37H,9-10,13-14,17H2,1-3H3,(H,30,33);1-5,8-9,12,14,16,32H,6-7,10-11,13H2,(H,25,29)(H,27,33);4-5,11-12,16,28H,6-9,13H2,1-3H3,(H,24,25);2-10H,1H3;3*1H3;. The number of piperidine rings is 3. The van der Waals surface area contributed by atoms with E-state index in [0.29, 0.717) is 74.5 Å². The van der Waals surface area contributed by atoms with E-state index in [9.17, 15) is 47.7 Å². The Morgan fingerprint density at radius 2 is 0.859 bits per heavy atom. The van der Waals surface area contributed by atoms with Crippen LogP contribution in [0.3, 0.4) is 0 Å². The van der Waals surface area contributed by atoms with Crippen LogP contribution in [0.1, 0.15) is 133 Å². The summed E-state index contributed by atoms with van der Waals surface area (Å²) in [6.07, 6.45) is 23.2. The quantitative estimate of drug-likeness (QED) is 0.0370. The van der Waals surface area contributed by atoms with Crippen LogP contribution in [0.2, 0.25) is 14.8 Å². The number of carbonyl (C=O) groups is 5. The molecule has 3 fully saturated rings. The summed E-state index contributed by atoms with van der Waals surface area (Å²) in [5.74, 6) is 1.07. The second kappa shape index (κ2) is 36.6. The first-order valence-electron chi connectivity index (χ1n) is 42.5. The predicted octanol–water partition coefficient (Wildman–Crippen LogP) is 13.2. The normalized spacial score (nSPS) is 15.6. The molecule has 6 aliphatic rings. The first-order valence-corrected chi connectivity index (χ1v) is 53.9. The average Bonchev–Trinajstić information content (AvgIpc) is 1.60. The van der Waals surface area contributed by atoms with Gasteiger partial charge in [0.1, 0.15) is 27.6 Å². The third-order valence-corrected chi connectivity index (χ3v) is 29.0. The topological polar surface area (TPSA) is 401 Å². The minimum absolute atomic E-state index is 0.0311. The molecule has 662 valence electrons. The van der Waals surface area contributed by atoms with Gasteiger partial charge in [0, 0.05) is 92.0 Å². The third-order valence-electron chi connectivity index (χ3n) is 22.5. The fourth-order valence-electron chi connectivity index (χ4n) is 16.1. The number of hydrogen-bond donors (Lipinski definition) is 7. The molecule has 18 heterocycles. The summed E-state index contributed by atoms with van der Waals surface area (Å²) in [4.78, 5) is 109. The Balaban J connectivity index is 0.000000128. The van der Waals surface area contributed by atoms with Crippen LogP contribution in [0.4, 0.5) is 61.2 Å². The number of amides is 5. The maximum atomic E-state index is 13.7. The van der Waals surface area contributed by atoms with Crippen molar-refractivity contribution in [2.45, 2.75) is 156 Å². The van der Waals surface area contributed by atoms with E-state index in [0.717, 1.165) is 148 Å². The van der Waals surface area contributed by atoms with Crippen molar-refractivity contribution in [1.29, 1.82) is 0 Å². The van der Waals surface area contributed by atoms with E-state index < -0.39 is 57.8 Å². The van der Waals surface area contributed by atoms with Crippen molar-refractivity contribution in [3.8, 4) is 28.3 Å². The third kappa shape index (κ3) is 19.6. The Morgan fingerprint density at radius 1 is 0.469 bits per heavy atom. The SMILES string of the molecule is CC(C)(C)OC(=O)N1Cc2[c]([Sn]([CH3])([CH3])[CH3])ncc(Nc3ccc(N4CCC(O)CC4)cn3)c2C1=O.CC(C)(C)OC(=O)N1Cc2c(-c3ccnn4cccc34)ncc(Nc3ccc(N4CCC(O)CC4)cn3)c2C1=O.Cc1ccc(S(=O)(=O)Oc2ccnn3cccc23)cc1.O=C1NCc2c(-c3ccnn4cccc34)ncc(Nc3ccc(N4CCC(O)CC4)cn3)c21. The average molecular weight is 1860 g/mol. The first kappa shape index (κ1) is 88.2. The zero-order valence-corrected chi connectivity index (χ0v) is 76.3. The van der Waals surface area contributed by atoms with Gasteiger partial charge in [-0.3, -0.25) is 19.6 Å². The number of pyridine rings is 6. The Morgan fingerprint density at radius 3 is 1.28 bits per heavy atom. The van der Waals surface area contributed by atoms with Crippen molar-refractivity contribution in [3.05, 3.63) is 229 Å². The van der Waals surface area contributed by atoms with Crippen molar-refractivity contribution in [1.82, 2.24) is 73.9 Å². The summed E-state index contributed by atoms with van der Waals surface area (Å²) in [6.45, 7) is 17.9. The van der Waals surface area contributed by atoms with Gasteiger partial charge in [-0.05, 0) is 138 Å². The predicted molar refractivity (Wildman–Crippen MR) is 487 cm³/mol. The number of rotatable bonds is 15. The number of ether oxygens (including phenoxy) is 2. The fourth-order valence-corrected chi connectivity index (χ4v) is 21.5. The fraction of sp³-hybridized carbons (Fsp3) is 0.326. The second-order valence-corrected chi connectivity index (χ2v) is 50.8. The zero-order valence-electron chi connectivity index (χ0n) is 72.7. The molecule has 19 rings (SSSR count). The van der Waals surface area contributed by atoms with E-state index in [1.807, 2.05) is 98.3 Å². The smallest absolute Gasteiger partial charge is 0.417 e. The van der Waals surface area contributed by atoms with Crippen LogP contribution in [0.15, 0.2) is 195 Å². The molecule has 3 saturated heterocycles. The summed E-state index contributed by atoms with van der Waals surface area (Å²) < 4.78 is 46.8. The van der Waals surface area contributed by atoms with E-state index in [-0.39, 0.29) is 53.9 Å². The van der Waals surface area contributed by atoms with Crippen LogP contribution in [0.25, 0.3) is 39.1 Å². The largest absolute Gasteiger partial charge is 0.443 e. The number of benzene rings is 1. The number of carbonyl (C=O) groups excluding carboxylic acids is 5. The van der Waals surface area contributed by atoms with E-state index in [1.54, 1.807) is 129 Å². The van der Waals surface area contributed by atoms with Crippen LogP contribution in [-0.4, -0.2) is 209 Å². The Hall–Kier alpha value is -13.2. The maximum Gasteiger partial charge on any atom is 0.417 e. The maximum absolute atomic E-state index is 13.7. The number of hydrogen-bond acceptors (Lipinski definition) is 28. The van der Waals surface area contributed by atoms with Gasteiger partial charge in [-0.25, -0.2) is 33.2 Å². The minimum atomic E-state index is -3.84. The Bertz CT molecular complexity index is 6430. The van der Waals surface area contributed by atoms with Gasteiger partial charge in [0.25, 0.3) is 11.8 Å². The molecule has 1 aromatic carbocycles. The Kier molecular flexibility index (Phi) is 25.2. The van der Waals surface area contributed by atoms with Gasteiger partial charge in [-0.15, -0.1) is 0 Å².